The molecule has 0 saturated heterocycles. The van der Waals surface area contributed by atoms with E-state index >= 15 is 0 Å². The van der Waals surface area contributed by atoms with Gasteiger partial charge in [-0.3, -0.25) is 4.79 Å². The van der Waals surface area contributed by atoms with Gasteiger partial charge in [0, 0.05) is 6.42 Å². The summed E-state index contributed by atoms with van der Waals surface area (Å²) in [5.74, 6) is -0.0938. The van der Waals surface area contributed by atoms with E-state index < -0.39 is 0 Å². The molecule has 0 bridgehead atoms. The van der Waals surface area contributed by atoms with Gasteiger partial charge in [-0.25, -0.2) is 0 Å². The zero-order valence-corrected chi connectivity index (χ0v) is 14.9. The quantitative estimate of drug-likeness (QED) is 0.307. The first-order valence-electron chi connectivity index (χ1n) is 9.45. The molecule has 0 radical (unpaired) electrons. The average molecular weight is 315 g/mol. The minimum atomic E-state index is -0.0938. The Hall–Kier alpha value is -0.570. The number of carbonyl (C=O) groups excluding carboxylic acids is 1. The molecule has 0 heterocycles. The van der Waals surface area contributed by atoms with E-state index in [1.165, 1.54) is 64.9 Å². The number of rotatable bonds is 16. The summed E-state index contributed by atoms with van der Waals surface area (Å²) >= 11 is 0. The fourth-order valence-electron chi connectivity index (χ4n) is 2.76. The molecular formula is C19H38O3. The molecular weight excluding hydrogens is 276 g/mol. The monoisotopic (exact) mass is 314 g/mol. The summed E-state index contributed by atoms with van der Waals surface area (Å²) in [6, 6.07) is 0. The lowest BCUT2D eigenvalue weighted by Gasteiger charge is -2.10. The van der Waals surface area contributed by atoms with Crippen LogP contribution >= 0.6 is 0 Å². The minimum absolute atomic E-state index is 0.0818. The van der Waals surface area contributed by atoms with Gasteiger partial charge in [-0.15, -0.1) is 0 Å². The van der Waals surface area contributed by atoms with Crippen LogP contribution in [0.25, 0.3) is 0 Å². The van der Waals surface area contributed by atoms with E-state index in [1.54, 1.807) is 0 Å². The van der Waals surface area contributed by atoms with Gasteiger partial charge < -0.3 is 9.84 Å². The first-order chi connectivity index (χ1) is 10.7. The number of aliphatic hydroxyl groups is 1. The highest BCUT2D eigenvalue weighted by molar-refractivity contribution is 5.68. The standard InChI is InChI=1S/C19H38O3/c1-3-4-5-9-12-15-18(20)16-13-10-7-6-8-11-14-17-19(21)22-2/h18,20H,3-17H2,1-2H3. The van der Waals surface area contributed by atoms with E-state index in [0.29, 0.717) is 6.42 Å². The lowest BCUT2D eigenvalue weighted by atomic mass is 10.0. The second-order valence-electron chi connectivity index (χ2n) is 6.45. The van der Waals surface area contributed by atoms with Gasteiger partial charge in [0.05, 0.1) is 13.2 Å². The van der Waals surface area contributed by atoms with Crippen LogP contribution < -0.4 is 0 Å². The normalized spacial score (nSPS) is 12.3. The minimum Gasteiger partial charge on any atom is -0.469 e. The molecule has 0 rings (SSSR count). The summed E-state index contributed by atoms with van der Waals surface area (Å²) in [5, 5.41) is 9.91. The largest absolute Gasteiger partial charge is 0.469 e. The predicted octanol–water partition coefficient (Wildman–Crippen LogP) is 5.39. The van der Waals surface area contributed by atoms with Crippen LogP contribution in [0.5, 0.6) is 0 Å². The highest BCUT2D eigenvalue weighted by Crippen LogP contribution is 2.14. The highest BCUT2D eigenvalue weighted by atomic mass is 16.5. The fourth-order valence-corrected chi connectivity index (χ4v) is 2.76. The molecule has 1 atom stereocenters. The second kappa shape index (κ2) is 16.8. The van der Waals surface area contributed by atoms with E-state index in [0.717, 1.165) is 32.1 Å². The van der Waals surface area contributed by atoms with Crippen molar-refractivity contribution in [3.05, 3.63) is 0 Å². The molecule has 0 spiro atoms. The predicted molar refractivity (Wildman–Crippen MR) is 93.0 cm³/mol. The molecule has 0 fully saturated rings. The van der Waals surface area contributed by atoms with Gasteiger partial charge in [0.25, 0.3) is 0 Å². The third-order valence-corrected chi connectivity index (χ3v) is 4.29. The topological polar surface area (TPSA) is 46.5 Å². The molecule has 0 amide bonds. The third-order valence-electron chi connectivity index (χ3n) is 4.29. The van der Waals surface area contributed by atoms with E-state index in [2.05, 4.69) is 11.7 Å². The van der Waals surface area contributed by atoms with Crippen LogP contribution in [0.1, 0.15) is 103 Å². The van der Waals surface area contributed by atoms with E-state index in [9.17, 15) is 9.90 Å². The van der Waals surface area contributed by atoms with Gasteiger partial charge in [0.15, 0.2) is 0 Å². The molecule has 0 aromatic rings. The summed E-state index contributed by atoms with van der Waals surface area (Å²) in [4.78, 5) is 10.9. The number of carbonyl (C=O) groups is 1. The van der Waals surface area contributed by atoms with Gasteiger partial charge in [-0.2, -0.15) is 0 Å². The molecule has 1 unspecified atom stereocenters. The van der Waals surface area contributed by atoms with Crippen molar-refractivity contribution in [1.29, 1.82) is 0 Å². The van der Waals surface area contributed by atoms with E-state index in [1.807, 2.05) is 0 Å². The molecule has 0 aliphatic carbocycles. The number of ether oxygens (including phenoxy) is 1. The third kappa shape index (κ3) is 15.8. The van der Waals surface area contributed by atoms with Gasteiger partial charge in [-0.05, 0) is 19.3 Å². The van der Waals surface area contributed by atoms with Crippen LogP contribution in [-0.2, 0) is 9.53 Å². The second-order valence-corrected chi connectivity index (χ2v) is 6.45. The SMILES string of the molecule is CCCCCCCC(O)CCCCCCCCCC(=O)OC. The Kier molecular flexibility index (Phi) is 16.4. The van der Waals surface area contributed by atoms with E-state index in [4.69, 9.17) is 0 Å². The number of hydrogen-bond donors (Lipinski definition) is 1. The molecule has 0 aliphatic heterocycles. The Morgan fingerprint density at radius 2 is 1.27 bits per heavy atom. The number of hydrogen-bond acceptors (Lipinski definition) is 3. The summed E-state index contributed by atoms with van der Waals surface area (Å²) in [5.41, 5.74) is 0. The molecule has 3 nitrogen and oxygen atoms in total. The Bertz CT molecular complexity index is 241. The van der Waals surface area contributed by atoms with Crippen molar-refractivity contribution < 1.29 is 14.6 Å². The molecule has 22 heavy (non-hydrogen) atoms. The summed E-state index contributed by atoms with van der Waals surface area (Å²) < 4.78 is 4.62. The van der Waals surface area contributed by atoms with Crippen molar-refractivity contribution in [2.45, 2.75) is 109 Å². The maximum Gasteiger partial charge on any atom is 0.305 e. The maximum atomic E-state index is 10.9. The lowest BCUT2D eigenvalue weighted by Crippen LogP contribution is -2.05. The van der Waals surface area contributed by atoms with Crippen LogP contribution in [0.15, 0.2) is 0 Å². The van der Waals surface area contributed by atoms with Crippen LogP contribution in [0.2, 0.25) is 0 Å². The Morgan fingerprint density at radius 3 is 1.77 bits per heavy atom. The van der Waals surface area contributed by atoms with Crippen molar-refractivity contribution in [3.63, 3.8) is 0 Å². The molecule has 0 saturated carbocycles. The molecule has 0 aliphatic rings. The Balaban J connectivity index is 3.16. The van der Waals surface area contributed by atoms with Crippen molar-refractivity contribution in [2.24, 2.45) is 0 Å². The van der Waals surface area contributed by atoms with Crippen LogP contribution in [0.4, 0.5) is 0 Å². The summed E-state index contributed by atoms with van der Waals surface area (Å²) in [6.45, 7) is 2.23. The zero-order valence-electron chi connectivity index (χ0n) is 14.9. The Morgan fingerprint density at radius 1 is 0.818 bits per heavy atom. The molecule has 3 heteroatoms. The van der Waals surface area contributed by atoms with Crippen molar-refractivity contribution >= 4 is 5.97 Å². The lowest BCUT2D eigenvalue weighted by molar-refractivity contribution is -0.140. The first kappa shape index (κ1) is 21.4. The Labute approximate surface area is 137 Å². The number of methoxy groups -OCH3 is 1. The van der Waals surface area contributed by atoms with Crippen molar-refractivity contribution in [1.82, 2.24) is 0 Å². The van der Waals surface area contributed by atoms with Gasteiger partial charge >= 0.3 is 5.97 Å². The smallest absolute Gasteiger partial charge is 0.305 e. The maximum absolute atomic E-state index is 10.9. The summed E-state index contributed by atoms with van der Waals surface area (Å²) in [6.07, 6.45) is 17.0. The number of unbranched alkanes of at least 4 members (excludes halogenated alkanes) is 10. The molecule has 1 N–H and O–H groups in total. The molecule has 0 aromatic heterocycles. The highest BCUT2D eigenvalue weighted by Gasteiger charge is 2.03. The number of esters is 1. The average Bonchev–Trinajstić information content (AvgIpc) is 2.52. The van der Waals surface area contributed by atoms with E-state index in [-0.39, 0.29) is 12.1 Å². The first-order valence-corrected chi connectivity index (χ1v) is 9.45. The number of aliphatic hydroxyl groups excluding tert-OH is 1. The van der Waals surface area contributed by atoms with Gasteiger partial charge in [0.1, 0.15) is 0 Å². The summed E-state index contributed by atoms with van der Waals surface area (Å²) in [7, 11) is 1.45. The zero-order chi connectivity index (χ0) is 16.5. The molecule has 0 aromatic carbocycles. The molecule has 132 valence electrons. The van der Waals surface area contributed by atoms with Crippen LogP contribution in [0.3, 0.4) is 0 Å². The van der Waals surface area contributed by atoms with Crippen molar-refractivity contribution in [3.8, 4) is 0 Å². The van der Waals surface area contributed by atoms with Gasteiger partial charge in [-0.1, -0.05) is 77.6 Å². The van der Waals surface area contributed by atoms with Crippen LogP contribution in [0, 0.1) is 0 Å². The van der Waals surface area contributed by atoms with Gasteiger partial charge in [0.2, 0.25) is 0 Å². The fraction of sp³-hybridized carbons (Fsp3) is 0.947. The van der Waals surface area contributed by atoms with Crippen LogP contribution in [-0.4, -0.2) is 24.3 Å². The van der Waals surface area contributed by atoms with Crippen molar-refractivity contribution in [2.75, 3.05) is 7.11 Å².